The van der Waals surface area contributed by atoms with Crippen LogP contribution in [0.25, 0.3) is 5.69 Å². The Labute approximate surface area is 193 Å². The molecule has 34 heavy (non-hydrogen) atoms. The molecule has 2 aromatic heterocycles. The highest BCUT2D eigenvalue weighted by molar-refractivity contribution is 5.47. The van der Waals surface area contributed by atoms with Gasteiger partial charge in [-0.05, 0) is 67.6 Å². The molecule has 3 aliphatic carbocycles. The molecule has 0 atom stereocenters. The predicted molar refractivity (Wildman–Crippen MR) is 121 cm³/mol. The van der Waals surface area contributed by atoms with Gasteiger partial charge in [0.2, 0.25) is 0 Å². The van der Waals surface area contributed by atoms with E-state index in [0.717, 1.165) is 28.4 Å². The molecule has 3 fully saturated rings. The molecule has 7 nitrogen and oxygen atoms in total. The summed E-state index contributed by atoms with van der Waals surface area (Å²) in [4.78, 5) is 17.1. The van der Waals surface area contributed by atoms with E-state index in [1.807, 2.05) is 6.07 Å². The van der Waals surface area contributed by atoms with Gasteiger partial charge < -0.3 is 10.1 Å². The molecule has 2 heterocycles. The Morgan fingerprint density at radius 2 is 1.76 bits per heavy atom. The van der Waals surface area contributed by atoms with Gasteiger partial charge in [-0.2, -0.15) is 9.78 Å². The number of halogens is 2. The van der Waals surface area contributed by atoms with Gasteiger partial charge in [-0.3, -0.25) is 4.57 Å². The number of hydrogen-bond donors (Lipinski definition) is 1. The van der Waals surface area contributed by atoms with Crippen LogP contribution in [0.2, 0.25) is 0 Å². The molecule has 9 heteroatoms. The zero-order chi connectivity index (χ0) is 23.3. The molecule has 3 aliphatic rings. The summed E-state index contributed by atoms with van der Waals surface area (Å²) >= 11 is 0. The molecule has 3 saturated carbocycles. The van der Waals surface area contributed by atoms with E-state index in [0.29, 0.717) is 17.2 Å². The van der Waals surface area contributed by atoms with E-state index in [1.54, 1.807) is 36.5 Å². The molecule has 0 spiro atoms. The number of rotatable bonds is 7. The maximum Gasteiger partial charge on any atom is 0.350 e. The van der Waals surface area contributed by atoms with Crippen molar-refractivity contribution in [3.8, 4) is 17.2 Å². The fourth-order valence-electron chi connectivity index (χ4n) is 4.71. The van der Waals surface area contributed by atoms with E-state index < -0.39 is 17.3 Å². The molecule has 0 saturated heterocycles. The van der Waals surface area contributed by atoms with E-state index in [1.165, 1.54) is 36.3 Å². The Bertz CT molecular complexity index is 1390. The highest BCUT2D eigenvalue weighted by Gasteiger charge is 2.56. The molecule has 1 N–H and O–H groups in total. The second-order valence-electron chi connectivity index (χ2n) is 9.01. The number of benzene rings is 2. The molecule has 0 unspecified atom stereocenters. The smallest absolute Gasteiger partial charge is 0.350 e. The van der Waals surface area contributed by atoms with Gasteiger partial charge in [0.15, 0.2) is 0 Å². The van der Waals surface area contributed by atoms with E-state index in [4.69, 9.17) is 4.74 Å². The van der Waals surface area contributed by atoms with Crippen molar-refractivity contribution in [2.24, 2.45) is 5.92 Å². The standard InChI is InChI=1S/C25H21F2N5O2/c26-21-2-1-3-22(27)20(21)14-31-15-29-32(24(31)33)17-4-6-18(7-5-17)34-19-8-9-28-23(10-19)30-25-11-16(12-25)13-25/h1-10,15-16H,11-14H2,(H,28,30). The van der Waals surface area contributed by atoms with Crippen molar-refractivity contribution >= 4 is 5.82 Å². The highest BCUT2D eigenvalue weighted by Crippen LogP contribution is 2.58. The molecule has 7 rings (SSSR count). The van der Waals surface area contributed by atoms with Crippen molar-refractivity contribution < 1.29 is 13.5 Å². The number of hydrogen-bond acceptors (Lipinski definition) is 5. The van der Waals surface area contributed by atoms with E-state index in [9.17, 15) is 13.6 Å². The normalized spacial score (nSPS) is 20.4. The monoisotopic (exact) mass is 461 g/mol. The summed E-state index contributed by atoms with van der Waals surface area (Å²) in [6.07, 6.45) is 6.61. The molecule has 0 aliphatic heterocycles. The summed E-state index contributed by atoms with van der Waals surface area (Å²) < 4.78 is 36.2. The van der Waals surface area contributed by atoms with Gasteiger partial charge >= 0.3 is 5.69 Å². The number of aromatic nitrogens is 4. The summed E-state index contributed by atoms with van der Waals surface area (Å²) in [6, 6.07) is 14.1. The molecular formula is C25H21F2N5O2. The molecule has 2 aromatic carbocycles. The van der Waals surface area contributed by atoms with Crippen LogP contribution < -0.4 is 15.7 Å². The zero-order valence-corrected chi connectivity index (χ0v) is 18.1. The average Bonchev–Trinajstić information content (AvgIpc) is 3.14. The molecule has 2 bridgehead atoms. The minimum atomic E-state index is -0.708. The third kappa shape index (κ3) is 3.63. The molecule has 0 radical (unpaired) electrons. The largest absolute Gasteiger partial charge is 0.457 e. The van der Waals surface area contributed by atoms with Crippen LogP contribution in [0.4, 0.5) is 14.6 Å². The minimum absolute atomic E-state index is 0.187. The molecule has 0 amide bonds. The first-order valence-corrected chi connectivity index (χ1v) is 11.1. The third-order valence-corrected chi connectivity index (χ3v) is 6.60. The first-order valence-electron chi connectivity index (χ1n) is 11.1. The summed E-state index contributed by atoms with van der Waals surface area (Å²) in [5.41, 5.74) is 0.0425. The second-order valence-corrected chi connectivity index (χ2v) is 9.01. The van der Waals surface area contributed by atoms with E-state index in [2.05, 4.69) is 15.4 Å². The number of nitrogens with zero attached hydrogens (tertiary/aromatic N) is 4. The van der Waals surface area contributed by atoms with Crippen LogP contribution in [0.5, 0.6) is 11.5 Å². The topological polar surface area (TPSA) is 74.0 Å². The number of pyridine rings is 1. The van der Waals surface area contributed by atoms with Crippen LogP contribution in [0.3, 0.4) is 0 Å². The SMILES string of the molecule is O=c1n(Cc2c(F)cccc2F)cnn1-c1ccc(Oc2ccnc(NC34CC(C3)C4)c2)cc1. The Balaban J connectivity index is 1.16. The van der Waals surface area contributed by atoms with E-state index >= 15 is 0 Å². The number of nitrogens with one attached hydrogen (secondary N) is 1. The fourth-order valence-corrected chi connectivity index (χ4v) is 4.71. The van der Waals surface area contributed by atoms with Gasteiger partial charge in [-0.25, -0.2) is 18.6 Å². The lowest BCUT2D eigenvalue weighted by Crippen LogP contribution is -2.63. The van der Waals surface area contributed by atoms with Crippen molar-refractivity contribution in [1.82, 2.24) is 19.3 Å². The fraction of sp³-hybridized carbons (Fsp3) is 0.240. The number of anilines is 1. The first kappa shape index (κ1) is 20.6. The molecule has 4 aromatic rings. The Morgan fingerprint density at radius 3 is 2.44 bits per heavy atom. The summed E-state index contributed by atoms with van der Waals surface area (Å²) in [6.45, 7) is -0.251. The molecular weight excluding hydrogens is 440 g/mol. The van der Waals surface area contributed by atoms with Crippen LogP contribution in [0.1, 0.15) is 24.8 Å². The van der Waals surface area contributed by atoms with Crippen LogP contribution in [0, 0.1) is 17.6 Å². The van der Waals surface area contributed by atoms with Crippen molar-refractivity contribution in [2.45, 2.75) is 31.3 Å². The number of ether oxygens (including phenoxy) is 1. The van der Waals surface area contributed by atoms with E-state index in [-0.39, 0.29) is 17.6 Å². The maximum atomic E-state index is 13.9. The van der Waals surface area contributed by atoms with Crippen LogP contribution in [-0.2, 0) is 6.54 Å². The first-order chi connectivity index (χ1) is 16.5. The van der Waals surface area contributed by atoms with Crippen LogP contribution in [-0.4, -0.2) is 24.9 Å². The lowest BCUT2D eigenvalue weighted by molar-refractivity contribution is 0.00180. The van der Waals surface area contributed by atoms with Gasteiger partial charge in [0.25, 0.3) is 0 Å². The lowest BCUT2D eigenvalue weighted by atomic mass is 9.50. The zero-order valence-electron chi connectivity index (χ0n) is 18.1. The summed E-state index contributed by atoms with van der Waals surface area (Å²) in [7, 11) is 0. The average molecular weight is 461 g/mol. The quantitative estimate of drug-likeness (QED) is 0.438. The molecule has 172 valence electrons. The van der Waals surface area contributed by atoms with Gasteiger partial charge in [0, 0.05) is 23.4 Å². The summed E-state index contributed by atoms with van der Waals surface area (Å²) in [5.74, 6) is 1.51. The van der Waals surface area contributed by atoms with Crippen molar-refractivity contribution in [3.05, 3.63) is 94.8 Å². The maximum absolute atomic E-state index is 13.9. The second kappa shape index (κ2) is 7.79. The minimum Gasteiger partial charge on any atom is -0.457 e. The van der Waals surface area contributed by atoms with Crippen LogP contribution in [0.15, 0.2) is 71.9 Å². The van der Waals surface area contributed by atoms with Gasteiger partial charge in [0.05, 0.1) is 12.2 Å². The Hall–Kier alpha value is -4.01. The van der Waals surface area contributed by atoms with Crippen molar-refractivity contribution in [3.63, 3.8) is 0 Å². The Morgan fingerprint density at radius 1 is 1.03 bits per heavy atom. The third-order valence-electron chi connectivity index (χ3n) is 6.60. The highest BCUT2D eigenvalue weighted by atomic mass is 19.1. The van der Waals surface area contributed by atoms with Gasteiger partial charge in [-0.1, -0.05) is 6.07 Å². The van der Waals surface area contributed by atoms with Gasteiger partial charge in [0.1, 0.15) is 35.3 Å². The van der Waals surface area contributed by atoms with Gasteiger partial charge in [-0.15, -0.1) is 0 Å². The van der Waals surface area contributed by atoms with Crippen LogP contribution >= 0.6 is 0 Å². The Kier molecular flexibility index (Phi) is 4.72. The van der Waals surface area contributed by atoms with Crippen molar-refractivity contribution in [2.75, 3.05) is 5.32 Å². The lowest BCUT2D eigenvalue weighted by Gasteiger charge is -2.62. The predicted octanol–water partition coefficient (Wildman–Crippen LogP) is 4.51. The van der Waals surface area contributed by atoms with Crippen molar-refractivity contribution in [1.29, 1.82) is 0 Å². The summed E-state index contributed by atoms with van der Waals surface area (Å²) in [5, 5.41) is 7.61.